The number of aromatic nitrogens is 2. The molecular formula is C19H30N6O2. The summed E-state index contributed by atoms with van der Waals surface area (Å²) in [6.07, 6.45) is 5.89. The number of nitrogens with one attached hydrogen (secondary N) is 2. The van der Waals surface area contributed by atoms with E-state index in [1.165, 1.54) is 0 Å². The molecule has 3 heterocycles. The third-order valence-corrected chi connectivity index (χ3v) is 5.17. The van der Waals surface area contributed by atoms with E-state index in [1.54, 1.807) is 13.8 Å². The Morgan fingerprint density at radius 2 is 1.56 bits per heavy atom. The third kappa shape index (κ3) is 5.08. The van der Waals surface area contributed by atoms with Crippen molar-refractivity contribution in [2.24, 2.45) is 0 Å². The highest BCUT2D eigenvalue weighted by atomic mass is 16.2. The van der Waals surface area contributed by atoms with Gasteiger partial charge in [0.05, 0.1) is 0 Å². The predicted octanol–water partition coefficient (Wildman–Crippen LogP) is 0.995. The zero-order valence-electron chi connectivity index (χ0n) is 16.5. The van der Waals surface area contributed by atoms with Crippen molar-refractivity contribution in [3.8, 4) is 0 Å². The number of piperidine rings is 2. The lowest BCUT2D eigenvalue weighted by Gasteiger charge is -2.36. The molecule has 2 amide bonds. The predicted molar refractivity (Wildman–Crippen MR) is 105 cm³/mol. The van der Waals surface area contributed by atoms with Gasteiger partial charge in [0, 0.05) is 63.9 Å². The molecule has 0 saturated carbocycles. The Balaban J connectivity index is 1.74. The minimum Gasteiger partial charge on any atom is -0.354 e. The summed E-state index contributed by atoms with van der Waals surface area (Å²) in [4.78, 5) is 36.6. The highest BCUT2D eigenvalue weighted by Crippen LogP contribution is 2.25. The largest absolute Gasteiger partial charge is 0.354 e. The van der Waals surface area contributed by atoms with Crippen molar-refractivity contribution in [3.05, 3.63) is 11.8 Å². The Kier molecular flexibility index (Phi) is 6.13. The lowest BCUT2D eigenvalue weighted by molar-refractivity contribution is -0.120. The van der Waals surface area contributed by atoms with Crippen molar-refractivity contribution in [2.45, 2.75) is 58.5 Å². The van der Waals surface area contributed by atoms with Crippen LogP contribution in [0.15, 0.2) is 6.20 Å². The number of hydrogen-bond donors (Lipinski definition) is 2. The second-order valence-corrected chi connectivity index (χ2v) is 7.65. The summed E-state index contributed by atoms with van der Waals surface area (Å²) in [5, 5.41) is 6.04. The van der Waals surface area contributed by atoms with Crippen molar-refractivity contribution in [1.82, 2.24) is 20.6 Å². The van der Waals surface area contributed by atoms with Gasteiger partial charge in [-0.1, -0.05) is 0 Å². The summed E-state index contributed by atoms with van der Waals surface area (Å²) in [6.45, 7) is 8.48. The summed E-state index contributed by atoms with van der Waals surface area (Å²) >= 11 is 0. The van der Waals surface area contributed by atoms with Gasteiger partial charge in [-0.25, -0.2) is 4.98 Å². The van der Waals surface area contributed by atoms with E-state index in [0.717, 1.165) is 63.2 Å². The van der Waals surface area contributed by atoms with Gasteiger partial charge in [-0.3, -0.25) is 9.59 Å². The van der Waals surface area contributed by atoms with Crippen molar-refractivity contribution >= 4 is 23.6 Å². The van der Waals surface area contributed by atoms with Crippen LogP contribution in [0, 0.1) is 6.92 Å². The number of carbonyl (C=O) groups is 2. The molecule has 2 aliphatic heterocycles. The van der Waals surface area contributed by atoms with Gasteiger partial charge in [-0.15, -0.1) is 0 Å². The Bertz CT molecular complexity index is 695. The molecule has 1 aromatic heterocycles. The molecule has 0 aliphatic carbocycles. The maximum absolute atomic E-state index is 11.4. The number of nitrogens with zero attached hydrogens (tertiary/aromatic N) is 4. The van der Waals surface area contributed by atoms with Gasteiger partial charge >= 0.3 is 0 Å². The highest BCUT2D eigenvalue weighted by molar-refractivity contribution is 5.73. The third-order valence-electron chi connectivity index (χ3n) is 5.17. The second kappa shape index (κ2) is 8.54. The number of carbonyl (C=O) groups excluding carboxylic acids is 2. The normalized spacial score (nSPS) is 23.1. The molecule has 0 bridgehead atoms. The fourth-order valence-corrected chi connectivity index (χ4v) is 4.04. The molecule has 2 saturated heterocycles. The van der Waals surface area contributed by atoms with Gasteiger partial charge in [0.1, 0.15) is 5.82 Å². The smallest absolute Gasteiger partial charge is 0.227 e. The molecule has 0 spiro atoms. The zero-order valence-corrected chi connectivity index (χ0v) is 16.5. The van der Waals surface area contributed by atoms with Crippen molar-refractivity contribution in [2.75, 3.05) is 36.0 Å². The maximum atomic E-state index is 11.4. The average molecular weight is 374 g/mol. The molecule has 8 heteroatoms. The average Bonchev–Trinajstić information content (AvgIpc) is 2.61. The molecule has 2 aliphatic rings. The van der Waals surface area contributed by atoms with E-state index in [0.29, 0.717) is 5.95 Å². The quantitative estimate of drug-likeness (QED) is 0.817. The van der Waals surface area contributed by atoms with E-state index in [9.17, 15) is 9.59 Å². The molecule has 27 heavy (non-hydrogen) atoms. The van der Waals surface area contributed by atoms with Gasteiger partial charge in [-0.2, -0.15) is 4.98 Å². The van der Waals surface area contributed by atoms with E-state index >= 15 is 0 Å². The number of amides is 2. The van der Waals surface area contributed by atoms with Gasteiger partial charge in [-0.05, 0) is 32.6 Å². The van der Waals surface area contributed by atoms with E-state index in [2.05, 4.69) is 25.4 Å². The second-order valence-electron chi connectivity index (χ2n) is 7.65. The van der Waals surface area contributed by atoms with Crippen molar-refractivity contribution < 1.29 is 9.59 Å². The molecule has 2 atom stereocenters. The van der Waals surface area contributed by atoms with E-state index in [4.69, 9.17) is 4.98 Å². The first-order valence-corrected chi connectivity index (χ1v) is 9.80. The minimum atomic E-state index is 0.00435. The van der Waals surface area contributed by atoms with Crippen LogP contribution in [0.1, 0.15) is 45.1 Å². The van der Waals surface area contributed by atoms with Crippen LogP contribution >= 0.6 is 0 Å². The Hall–Kier alpha value is -2.38. The molecule has 8 nitrogen and oxygen atoms in total. The lowest BCUT2D eigenvalue weighted by Crippen LogP contribution is -2.48. The van der Waals surface area contributed by atoms with Gasteiger partial charge in [0.2, 0.25) is 17.8 Å². The summed E-state index contributed by atoms with van der Waals surface area (Å²) in [6, 6.07) is 0.303. The fourth-order valence-electron chi connectivity index (χ4n) is 4.04. The number of hydrogen-bond acceptors (Lipinski definition) is 6. The van der Waals surface area contributed by atoms with Crippen LogP contribution < -0.4 is 20.4 Å². The summed E-state index contributed by atoms with van der Waals surface area (Å²) in [5.41, 5.74) is 1.04. The van der Waals surface area contributed by atoms with Gasteiger partial charge in [0.15, 0.2) is 0 Å². The first-order valence-electron chi connectivity index (χ1n) is 9.80. The fraction of sp³-hybridized carbons (Fsp3) is 0.684. The van der Waals surface area contributed by atoms with Crippen LogP contribution in [0.2, 0.25) is 0 Å². The summed E-state index contributed by atoms with van der Waals surface area (Å²) in [7, 11) is 0. The topological polar surface area (TPSA) is 90.5 Å². The van der Waals surface area contributed by atoms with E-state index in [-0.39, 0.29) is 23.9 Å². The SMILES string of the molecule is CC(=O)NC1CCCN(c2ncc(C)c(N3CCCC(NC(C)=O)C3)n2)C1. The Morgan fingerprint density at radius 1 is 1.00 bits per heavy atom. The Labute approximate surface area is 160 Å². The maximum Gasteiger partial charge on any atom is 0.227 e. The van der Waals surface area contributed by atoms with Crippen LogP contribution in [0.5, 0.6) is 0 Å². The van der Waals surface area contributed by atoms with E-state index < -0.39 is 0 Å². The lowest BCUT2D eigenvalue weighted by atomic mass is 10.1. The van der Waals surface area contributed by atoms with Crippen LogP contribution in [-0.4, -0.2) is 60.0 Å². The van der Waals surface area contributed by atoms with Gasteiger partial charge < -0.3 is 20.4 Å². The molecular weight excluding hydrogens is 344 g/mol. The molecule has 3 rings (SSSR count). The molecule has 2 N–H and O–H groups in total. The van der Waals surface area contributed by atoms with Crippen LogP contribution in [-0.2, 0) is 9.59 Å². The molecule has 0 radical (unpaired) electrons. The van der Waals surface area contributed by atoms with Crippen molar-refractivity contribution in [3.63, 3.8) is 0 Å². The van der Waals surface area contributed by atoms with Crippen molar-refractivity contribution in [1.29, 1.82) is 0 Å². The highest BCUT2D eigenvalue weighted by Gasteiger charge is 2.26. The first kappa shape index (κ1) is 19.4. The summed E-state index contributed by atoms with van der Waals surface area (Å²) in [5.74, 6) is 1.67. The number of aryl methyl sites for hydroxylation is 1. The molecule has 2 unspecified atom stereocenters. The number of rotatable bonds is 4. The standard InChI is InChI=1S/C19H30N6O2/c1-13-10-20-19(25-9-5-7-17(12-25)22-15(3)27)23-18(13)24-8-4-6-16(11-24)21-14(2)26/h10,16-17H,4-9,11-12H2,1-3H3,(H,21,26)(H,22,27). The minimum absolute atomic E-state index is 0.00435. The monoisotopic (exact) mass is 374 g/mol. The molecule has 148 valence electrons. The zero-order chi connectivity index (χ0) is 19.4. The molecule has 2 fully saturated rings. The summed E-state index contributed by atoms with van der Waals surface area (Å²) < 4.78 is 0. The first-order chi connectivity index (χ1) is 12.9. The van der Waals surface area contributed by atoms with Gasteiger partial charge in [0.25, 0.3) is 0 Å². The molecule has 0 aromatic carbocycles. The van der Waals surface area contributed by atoms with Crippen LogP contribution in [0.4, 0.5) is 11.8 Å². The molecule has 1 aromatic rings. The Morgan fingerprint density at radius 3 is 2.15 bits per heavy atom. The van der Waals surface area contributed by atoms with Crippen LogP contribution in [0.25, 0.3) is 0 Å². The van der Waals surface area contributed by atoms with E-state index in [1.807, 2.05) is 13.1 Å². The number of anilines is 2. The van der Waals surface area contributed by atoms with Crippen LogP contribution in [0.3, 0.4) is 0 Å².